The summed E-state index contributed by atoms with van der Waals surface area (Å²) >= 11 is 5.62. The summed E-state index contributed by atoms with van der Waals surface area (Å²) in [5, 5.41) is 0. The van der Waals surface area contributed by atoms with Crippen LogP contribution in [0, 0.1) is 5.92 Å². The molecule has 1 rings (SSSR count). The molecule has 1 radical (unpaired) electrons. The van der Waals surface area contributed by atoms with Gasteiger partial charge in [-0.1, -0.05) is 19.3 Å². The molecule has 0 bridgehead atoms. The largest absolute Gasteiger partial charge is 0.238 e. The second-order valence-corrected chi connectivity index (χ2v) is 3.27. The number of halogens is 1. The fourth-order valence-electron chi connectivity index (χ4n) is 1.43. The zero-order valence-electron chi connectivity index (χ0n) is 5.57. The Labute approximate surface area is 61.6 Å². The van der Waals surface area contributed by atoms with Gasteiger partial charge in [-0.2, -0.15) is 0 Å². The Kier molecular flexibility index (Phi) is 2.80. The van der Waals surface area contributed by atoms with Crippen molar-refractivity contribution in [2.24, 2.45) is 5.92 Å². The molecular weight excluding hydrogens is 134 g/mol. The molecule has 0 saturated heterocycles. The Hall–Kier alpha value is 0.250. The van der Waals surface area contributed by atoms with E-state index in [1.165, 1.54) is 32.1 Å². The first-order valence-corrected chi connectivity index (χ1v) is 4.09. The average Bonchev–Trinajstić information content (AvgIpc) is 1.90. The Bertz CT molecular complexity index is 77.0. The molecule has 1 aliphatic rings. The molecule has 0 amide bonds. The lowest BCUT2D eigenvalue weighted by atomic mass is 9.89. The van der Waals surface area contributed by atoms with Crippen molar-refractivity contribution in [3.8, 4) is 0 Å². The summed E-state index contributed by atoms with van der Waals surface area (Å²) in [6, 6.07) is 0. The van der Waals surface area contributed by atoms with Crippen LogP contribution >= 0.6 is 11.6 Å². The highest BCUT2D eigenvalue weighted by Gasteiger charge is 2.18. The van der Waals surface area contributed by atoms with Gasteiger partial charge in [0, 0.05) is 0 Å². The van der Waals surface area contributed by atoms with Crippen molar-refractivity contribution >= 4 is 11.6 Å². The molecule has 0 heterocycles. The van der Waals surface area contributed by atoms with Crippen LogP contribution in [0.2, 0.25) is 0 Å². The van der Waals surface area contributed by atoms with Gasteiger partial charge < -0.3 is 0 Å². The minimum atomic E-state index is -0.342. The maximum absolute atomic E-state index is 7.24. The van der Waals surface area contributed by atoms with Crippen LogP contribution < -0.4 is 5.73 Å². The topological polar surface area (TPSA) is 23.8 Å². The lowest BCUT2D eigenvalue weighted by molar-refractivity contribution is 0.345. The van der Waals surface area contributed by atoms with E-state index >= 15 is 0 Å². The predicted molar refractivity (Wildman–Crippen MR) is 39.3 cm³/mol. The fraction of sp³-hybridized carbons (Fsp3) is 1.00. The van der Waals surface area contributed by atoms with Gasteiger partial charge in [-0.15, -0.1) is 11.6 Å². The van der Waals surface area contributed by atoms with Crippen molar-refractivity contribution in [2.75, 3.05) is 0 Å². The van der Waals surface area contributed by atoms with Crippen LogP contribution in [0.5, 0.6) is 0 Å². The third kappa shape index (κ3) is 2.15. The van der Waals surface area contributed by atoms with E-state index in [2.05, 4.69) is 0 Å². The van der Waals surface area contributed by atoms with E-state index < -0.39 is 0 Å². The molecule has 9 heavy (non-hydrogen) atoms. The molecule has 0 aliphatic heterocycles. The van der Waals surface area contributed by atoms with Crippen LogP contribution in [-0.2, 0) is 0 Å². The number of hydrogen-bond acceptors (Lipinski definition) is 0. The lowest BCUT2D eigenvalue weighted by Gasteiger charge is -2.22. The Morgan fingerprint density at radius 3 is 2.11 bits per heavy atom. The van der Waals surface area contributed by atoms with Gasteiger partial charge in [0.1, 0.15) is 0 Å². The lowest BCUT2D eigenvalue weighted by Crippen LogP contribution is -2.18. The molecule has 1 atom stereocenters. The van der Waals surface area contributed by atoms with Gasteiger partial charge in [0.2, 0.25) is 0 Å². The van der Waals surface area contributed by atoms with E-state index in [9.17, 15) is 0 Å². The summed E-state index contributed by atoms with van der Waals surface area (Å²) in [6.07, 6.45) is 6.27. The summed E-state index contributed by atoms with van der Waals surface area (Å²) in [5.74, 6) is 0.486. The molecule has 1 N–H and O–H groups in total. The summed E-state index contributed by atoms with van der Waals surface area (Å²) in [7, 11) is 0. The zero-order valence-corrected chi connectivity index (χ0v) is 6.32. The second kappa shape index (κ2) is 3.43. The highest BCUT2D eigenvalue weighted by atomic mass is 35.5. The molecule has 0 aromatic carbocycles. The molecule has 1 nitrogen and oxygen atoms in total. The number of hydrogen-bond donors (Lipinski definition) is 0. The number of rotatable bonds is 1. The van der Waals surface area contributed by atoms with Crippen LogP contribution in [0.15, 0.2) is 0 Å². The standard InChI is InChI=1S/C7H13ClN/c8-7(9)6-4-2-1-3-5-6/h6-7,9H,1-5H2. The average molecular weight is 147 g/mol. The first kappa shape index (κ1) is 7.36. The highest BCUT2D eigenvalue weighted by molar-refractivity contribution is 6.20. The zero-order chi connectivity index (χ0) is 6.69. The summed E-state index contributed by atoms with van der Waals surface area (Å²) in [4.78, 5) is 0. The van der Waals surface area contributed by atoms with Gasteiger partial charge in [-0.05, 0) is 18.8 Å². The van der Waals surface area contributed by atoms with Gasteiger partial charge in [-0.25, -0.2) is 5.73 Å². The SMILES string of the molecule is [NH]C(Cl)C1CCCCC1. The molecule has 1 aliphatic carbocycles. The maximum Gasteiger partial charge on any atom is 0.0980 e. The monoisotopic (exact) mass is 146 g/mol. The summed E-state index contributed by atoms with van der Waals surface area (Å²) in [5.41, 5.74) is 6.90. The van der Waals surface area contributed by atoms with Crippen LogP contribution in [0.3, 0.4) is 0 Å². The first-order valence-electron chi connectivity index (χ1n) is 3.66. The van der Waals surface area contributed by atoms with Gasteiger partial charge in [-0.3, -0.25) is 0 Å². The molecule has 0 spiro atoms. The minimum Gasteiger partial charge on any atom is -0.238 e. The third-order valence-electron chi connectivity index (χ3n) is 2.06. The molecule has 1 saturated carbocycles. The smallest absolute Gasteiger partial charge is 0.0980 e. The summed E-state index contributed by atoms with van der Waals surface area (Å²) in [6.45, 7) is 0. The maximum atomic E-state index is 7.24. The first-order chi connectivity index (χ1) is 4.30. The molecule has 1 fully saturated rings. The summed E-state index contributed by atoms with van der Waals surface area (Å²) < 4.78 is 0. The second-order valence-electron chi connectivity index (χ2n) is 2.80. The molecular formula is C7H13ClN. The van der Waals surface area contributed by atoms with Gasteiger partial charge >= 0.3 is 0 Å². The fourth-order valence-corrected chi connectivity index (χ4v) is 1.68. The number of alkyl halides is 1. The van der Waals surface area contributed by atoms with Crippen molar-refractivity contribution in [1.82, 2.24) is 5.73 Å². The van der Waals surface area contributed by atoms with Crippen LogP contribution in [0.25, 0.3) is 0 Å². The molecule has 53 valence electrons. The van der Waals surface area contributed by atoms with Gasteiger partial charge in [0.25, 0.3) is 0 Å². The van der Waals surface area contributed by atoms with Gasteiger partial charge in [0.15, 0.2) is 0 Å². The molecule has 2 heteroatoms. The highest BCUT2D eigenvalue weighted by Crippen LogP contribution is 2.27. The van der Waals surface area contributed by atoms with Crippen molar-refractivity contribution in [3.63, 3.8) is 0 Å². The van der Waals surface area contributed by atoms with E-state index in [1.807, 2.05) is 0 Å². The van der Waals surface area contributed by atoms with Gasteiger partial charge in [0.05, 0.1) is 5.50 Å². The van der Waals surface area contributed by atoms with E-state index in [0.29, 0.717) is 5.92 Å². The Morgan fingerprint density at radius 2 is 1.78 bits per heavy atom. The van der Waals surface area contributed by atoms with Crippen LogP contribution in [-0.4, -0.2) is 5.50 Å². The quantitative estimate of drug-likeness (QED) is 0.401. The Morgan fingerprint density at radius 1 is 1.22 bits per heavy atom. The minimum absolute atomic E-state index is 0.342. The predicted octanol–water partition coefficient (Wildman–Crippen LogP) is 2.41. The van der Waals surface area contributed by atoms with Crippen molar-refractivity contribution < 1.29 is 0 Å². The molecule has 0 aromatic rings. The van der Waals surface area contributed by atoms with Crippen molar-refractivity contribution in [2.45, 2.75) is 37.6 Å². The van der Waals surface area contributed by atoms with E-state index in [-0.39, 0.29) is 5.50 Å². The van der Waals surface area contributed by atoms with Crippen molar-refractivity contribution in [1.29, 1.82) is 0 Å². The van der Waals surface area contributed by atoms with Crippen LogP contribution in [0.1, 0.15) is 32.1 Å². The van der Waals surface area contributed by atoms with E-state index in [1.54, 1.807) is 0 Å². The van der Waals surface area contributed by atoms with Crippen LogP contribution in [0.4, 0.5) is 0 Å². The molecule has 0 aromatic heterocycles. The van der Waals surface area contributed by atoms with E-state index in [4.69, 9.17) is 17.3 Å². The van der Waals surface area contributed by atoms with Crippen molar-refractivity contribution in [3.05, 3.63) is 0 Å². The Balaban J connectivity index is 2.23. The normalized spacial score (nSPS) is 26.0. The van der Waals surface area contributed by atoms with E-state index in [0.717, 1.165) is 0 Å². The molecule has 1 unspecified atom stereocenters. The third-order valence-corrected chi connectivity index (χ3v) is 2.42. The number of nitrogens with one attached hydrogen (secondary N) is 1.